The summed E-state index contributed by atoms with van der Waals surface area (Å²) in [5.41, 5.74) is 6.61. The van der Waals surface area contributed by atoms with Crippen molar-refractivity contribution in [1.29, 1.82) is 0 Å². The number of benzene rings is 3. The second kappa shape index (κ2) is 18.2. The fourth-order valence-corrected chi connectivity index (χ4v) is 7.94. The van der Waals surface area contributed by atoms with Crippen LogP contribution in [0.15, 0.2) is 83.0 Å². The Morgan fingerprint density at radius 2 is 1.58 bits per heavy atom. The van der Waals surface area contributed by atoms with E-state index in [2.05, 4.69) is 114 Å². The van der Waals surface area contributed by atoms with E-state index in [1.165, 1.54) is 32.9 Å². The first kappa shape index (κ1) is 42.2. The van der Waals surface area contributed by atoms with Crippen LogP contribution in [0.2, 0.25) is 0 Å². The number of nitrogens with zero attached hydrogens (tertiary/aromatic N) is 1. The Morgan fingerprint density at radius 1 is 0.906 bits per heavy atom. The zero-order chi connectivity index (χ0) is 37.7. The molecule has 0 atom stereocenters. The van der Waals surface area contributed by atoms with Crippen LogP contribution in [-0.2, 0) is 36.7 Å². The van der Waals surface area contributed by atoms with E-state index in [1.807, 2.05) is 27.7 Å². The molecule has 4 nitrogen and oxygen atoms in total. The molecule has 0 bridgehead atoms. The molecule has 6 heteroatoms. The summed E-state index contributed by atoms with van der Waals surface area (Å²) < 4.78 is 6.26. The molecule has 3 aromatic heterocycles. The number of carbonyl (C=O) groups is 1. The summed E-state index contributed by atoms with van der Waals surface area (Å²) in [6.07, 6.45) is 5.86. The molecule has 0 fully saturated rings. The minimum atomic E-state index is 0. The topological polar surface area (TPSA) is 63.3 Å². The number of hydrogen-bond acceptors (Lipinski definition) is 5. The first-order chi connectivity index (χ1) is 24.8. The summed E-state index contributed by atoms with van der Waals surface area (Å²) in [7, 11) is 0. The Kier molecular flexibility index (Phi) is 14.5. The van der Waals surface area contributed by atoms with Crippen LogP contribution in [0.3, 0.4) is 0 Å². The van der Waals surface area contributed by atoms with E-state index in [1.54, 1.807) is 11.3 Å². The van der Waals surface area contributed by atoms with Crippen molar-refractivity contribution in [3.8, 4) is 22.4 Å². The second-order valence-corrected chi connectivity index (χ2v) is 16.8. The zero-order valence-electron chi connectivity index (χ0n) is 33.1. The molecule has 0 amide bonds. The van der Waals surface area contributed by atoms with Crippen molar-refractivity contribution in [3.63, 3.8) is 0 Å². The number of ketones is 1. The van der Waals surface area contributed by atoms with Crippen molar-refractivity contribution >= 4 is 49.1 Å². The quantitative estimate of drug-likeness (QED) is 0.0799. The molecule has 3 aromatic carbocycles. The van der Waals surface area contributed by atoms with E-state index in [-0.39, 0.29) is 48.9 Å². The van der Waals surface area contributed by atoms with Gasteiger partial charge in [-0.15, -0.1) is 40.5 Å². The third-order valence-electron chi connectivity index (χ3n) is 10.1. The van der Waals surface area contributed by atoms with Gasteiger partial charge in [0.25, 0.3) is 0 Å². The van der Waals surface area contributed by atoms with Crippen molar-refractivity contribution in [3.05, 3.63) is 101 Å². The van der Waals surface area contributed by atoms with Gasteiger partial charge < -0.3 is 9.52 Å². The molecule has 0 saturated carbocycles. The van der Waals surface area contributed by atoms with Crippen molar-refractivity contribution in [1.82, 2.24) is 4.98 Å². The van der Waals surface area contributed by atoms with Gasteiger partial charge >= 0.3 is 0 Å². The van der Waals surface area contributed by atoms with Crippen LogP contribution >= 0.6 is 11.3 Å². The van der Waals surface area contributed by atoms with Crippen LogP contribution in [0.25, 0.3) is 54.3 Å². The van der Waals surface area contributed by atoms with E-state index >= 15 is 0 Å². The van der Waals surface area contributed by atoms with Gasteiger partial charge in [-0.05, 0) is 73.3 Å². The molecule has 0 aliphatic heterocycles. The summed E-state index contributed by atoms with van der Waals surface area (Å²) in [6.45, 7) is 21.5. The molecular weight excluding hydrogens is 851 g/mol. The number of allylic oxidation sites excluding steroid dienone is 2. The van der Waals surface area contributed by atoms with E-state index in [4.69, 9.17) is 9.40 Å². The van der Waals surface area contributed by atoms with E-state index in [9.17, 15) is 9.90 Å². The number of aliphatic hydroxyl groups is 1. The first-order valence-electron chi connectivity index (χ1n) is 19.1. The number of furan rings is 1. The minimum absolute atomic E-state index is 0. The molecule has 0 aliphatic carbocycles. The van der Waals surface area contributed by atoms with Gasteiger partial charge in [0.1, 0.15) is 16.2 Å². The van der Waals surface area contributed by atoms with Crippen LogP contribution in [-0.4, -0.2) is 15.9 Å². The van der Waals surface area contributed by atoms with Crippen molar-refractivity contribution in [2.75, 3.05) is 0 Å². The third-order valence-corrected chi connectivity index (χ3v) is 11.0. The summed E-state index contributed by atoms with van der Waals surface area (Å²) in [5.74, 6) is 2.16. The molecule has 3 heterocycles. The first-order valence-corrected chi connectivity index (χ1v) is 19.9. The van der Waals surface area contributed by atoms with Gasteiger partial charge in [0, 0.05) is 65.8 Å². The van der Waals surface area contributed by atoms with E-state index in [0.717, 1.165) is 75.9 Å². The van der Waals surface area contributed by atoms with Gasteiger partial charge in [-0.3, -0.25) is 9.78 Å². The van der Waals surface area contributed by atoms with Crippen LogP contribution in [0, 0.1) is 30.7 Å². The number of fused-ring (bicyclic) bond motifs is 3. The Bertz CT molecular complexity index is 2190. The van der Waals surface area contributed by atoms with Crippen LogP contribution in [0.4, 0.5) is 0 Å². The maximum Gasteiger partial charge on any atom is 0.162 e. The van der Waals surface area contributed by atoms with Crippen LogP contribution in [0.1, 0.15) is 104 Å². The molecule has 283 valence electrons. The number of aromatic nitrogens is 1. The van der Waals surface area contributed by atoms with Crippen molar-refractivity contribution < 1.29 is 34.4 Å². The molecule has 1 N–H and O–H groups in total. The van der Waals surface area contributed by atoms with Gasteiger partial charge in [0.2, 0.25) is 0 Å². The molecule has 6 rings (SSSR count). The maximum atomic E-state index is 11.7. The predicted octanol–water partition coefficient (Wildman–Crippen LogP) is 14.0. The number of aliphatic hydroxyl groups excluding tert-OH is 1. The largest absolute Gasteiger partial charge is 0.512 e. The summed E-state index contributed by atoms with van der Waals surface area (Å²) in [4.78, 5) is 19.2. The smallest absolute Gasteiger partial charge is 0.162 e. The molecule has 0 unspecified atom stereocenters. The summed E-state index contributed by atoms with van der Waals surface area (Å²) in [5, 5.41) is 14.5. The second-order valence-electron chi connectivity index (χ2n) is 15.6. The van der Waals surface area contributed by atoms with Gasteiger partial charge in [-0.1, -0.05) is 110 Å². The molecule has 53 heavy (non-hydrogen) atoms. The minimum Gasteiger partial charge on any atom is -0.512 e. The number of hydrogen-bond donors (Lipinski definition) is 1. The van der Waals surface area contributed by atoms with Crippen molar-refractivity contribution in [2.24, 2.45) is 17.8 Å². The summed E-state index contributed by atoms with van der Waals surface area (Å²) >= 11 is 1.75. The molecule has 0 saturated heterocycles. The number of aryl methyl sites for hydroxylation is 1. The van der Waals surface area contributed by atoms with E-state index < -0.39 is 0 Å². The summed E-state index contributed by atoms with van der Waals surface area (Å²) in [6, 6.07) is 27.8. The Hall–Kier alpha value is -3.57. The molecular formula is C47H56IrNO3S-. The molecule has 0 spiro atoms. The fraction of sp³-hybridized carbons (Fsp3) is 0.404. The number of thiophene rings is 1. The van der Waals surface area contributed by atoms with Crippen LogP contribution < -0.4 is 0 Å². The predicted molar refractivity (Wildman–Crippen MR) is 222 cm³/mol. The number of carbonyl (C=O) groups excluding carboxylic acids is 1. The Balaban J connectivity index is 0.000000335. The van der Waals surface area contributed by atoms with Gasteiger partial charge in [0.05, 0.1) is 5.76 Å². The number of pyridine rings is 1. The Morgan fingerprint density at radius 3 is 2.23 bits per heavy atom. The van der Waals surface area contributed by atoms with Gasteiger partial charge in [0.15, 0.2) is 5.78 Å². The average Bonchev–Trinajstić information content (AvgIpc) is 3.69. The average molecular weight is 907 g/mol. The zero-order valence-corrected chi connectivity index (χ0v) is 36.4. The molecule has 1 radical (unpaired) electrons. The number of rotatable bonds is 11. The molecule has 6 aromatic rings. The Labute approximate surface area is 334 Å². The van der Waals surface area contributed by atoms with Crippen molar-refractivity contribution in [2.45, 2.75) is 107 Å². The maximum absolute atomic E-state index is 11.7. The van der Waals surface area contributed by atoms with Crippen LogP contribution in [0.5, 0.6) is 0 Å². The SMILES string of the molecule is CCC(CC)C(=O)/C=C(\O)C(CC)CC.Cc1cc2c(-c3ccc4cc(CC(C)C)oc4c3)cc(-c3[c-]c4ccccc4c(C(C)(C)C)c3)nc2s1.[Ir]. The monoisotopic (exact) mass is 907 g/mol. The normalized spacial score (nSPS) is 12.2. The third kappa shape index (κ3) is 9.95. The molecule has 0 aliphatic rings. The fourth-order valence-electron chi connectivity index (χ4n) is 7.04. The van der Waals surface area contributed by atoms with E-state index in [0.29, 0.717) is 5.92 Å². The standard InChI is InChI=1S/C34H32NOS.C13H24O2.Ir/c1-20(2)13-26-16-24-12-11-23(18-32(24)36-26)28-19-31(35-33-29(28)14-21(3)37-33)25-15-22-9-7-8-10-27(22)30(17-25)34(4,5)6;1-5-10(6-2)12(14)9-13(15)11(7-3)8-4;/h7-12,14,16-20H,13H2,1-6H3;9-11,14H,5-8H2,1-4H3;/q-1;;/b;12-9-;. The van der Waals surface area contributed by atoms with Gasteiger partial charge in [-0.25, -0.2) is 0 Å². The van der Waals surface area contributed by atoms with Gasteiger partial charge in [-0.2, -0.15) is 0 Å².